The molecule has 0 heterocycles. The van der Waals surface area contributed by atoms with E-state index in [0.717, 1.165) is 24.2 Å². The molecule has 5 heteroatoms. The fourth-order valence-corrected chi connectivity index (χ4v) is 2.89. The Bertz CT molecular complexity index is 470. The topological polar surface area (TPSA) is 81.6 Å². The van der Waals surface area contributed by atoms with Crippen molar-refractivity contribution in [2.75, 3.05) is 19.4 Å². The molecule has 1 aromatic carbocycles. The molecule has 1 aromatic rings. The highest BCUT2D eigenvalue weighted by atomic mass is 16.5. The number of ether oxygens (including phenoxy) is 1. The predicted molar refractivity (Wildman–Crippen MR) is 79.3 cm³/mol. The zero-order valence-corrected chi connectivity index (χ0v) is 12.0. The van der Waals surface area contributed by atoms with Gasteiger partial charge in [-0.3, -0.25) is 9.69 Å². The van der Waals surface area contributed by atoms with Crippen molar-refractivity contribution in [1.29, 1.82) is 0 Å². The Morgan fingerprint density at radius 1 is 1.40 bits per heavy atom. The lowest BCUT2D eigenvalue weighted by atomic mass is 10.1. The first-order valence-electron chi connectivity index (χ1n) is 7.05. The van der Waals surface area contributed by atoms with E-state index in [1.165, 1.54) is 12.8 Å². The van der Waals surface area contributed by atoms with Crippen LogP contribution in [0.25, 0.3) is 0 Å². The summed E-state index contributed by atoms with van der Waals surface area (Å²) in [6.07, 6.45) is 4.70. The van der Waals surface area contributed by atoms with E-state index >= 15 is 0 Å². The van der Waals surface area contributed by atoms with Crippen molar-refractivity contribution in [2.24, 2.45) is 5.73 Å². The van der Waals surface area contributed by atoms with Crippen LogP contribution in [-0.2, 0) is 11.3 Å². The number of hydrogen-bond donors (Lipinski definition) is 2. The molecule has 2 rings (SSSR count). The van der Waals surface area contributed by atoms with Crippen LogP contribution in [0.4, 0.5) is 5.69 Å². The Morgan fingerprint density at radius 3 is 2.70 bits per heavy atom. The number of carbonyl (C=O) groups is 1. The second-order valence-electron chi connectivity index (χ2n) is 5.38. The van der Waals surface area contributed by atoms with Crippen LogP contribution in [0.15, 0.2) is 18.2 Å². The summed E-state index contributed by atoms with van der Waals surface area (Å²) in [5.41, 5.74) is 12.9. The van der Waals surface area contributed by atoms with Gasteiger partial charge < -0.3 is 16.2 Å². The predicted octanol–water partition coefficient (Wildman–Crippen LogP) is 1.51. The zero-order valence-electron chi connectivity index (χ0n) is 12.0. The molecule has 1 aliphatic rings. The summed E-state index contributed by atoms with van der Waals surface area (Å²) in [5, 5.41) is 0. The lowest BCUT2D eigenvalue weighted by Gasteiger charge is -2.28. The number of rotatable bonds is 6. The zero-order chi connectivity index (χ0) is 14.5. The van der Waals surface area contributed by atoms with Gasteiger partial charge in [0.1, 0.15) is 5.75 Å². The van der Waals surface area contributed by atoms with Crippen LogP contribution in [0.1, 0.15) is 31.2 Å². The van der Waals surface area contributed by atoms with Crippen molar-refractivity contribution in [3.8, 4) is 5.75 Å². The van der Waals surface area contributed by atoms with Crippen molar-refractivity contribution >= 4 is 11.6 Å². The van der Waals surface area contributed by atoms with Crippen LogP contribution in [0, 0.1) is 0 Å². The summed E-state index contributed by atoms with van der Waals surface area (Å²) in [6, 6.07) is 6.06. The normalized spacial score (nSPS) is 15.7. The molecule has 0 spiro atoms. The van der Waals surface area contributed by atoms with Gasteiger partial charge in [0.15, 0.2) is 0 Å². The first kappa shape index (κ1) is 14.7. The van der Waals surface area contributed by atoms with E-state index in [1.807, 2.05) is 18.2 Å². The first-order valence-corrected chi connectivity index (χ1v) is 7.05. The Labute approximate surface area is 119 Å². The molecule has 20 heavy (non-hydrogen) atoms. The summed E-state index contributed by atoms with van der Waals surface area (Å²) in [7, 11) is 1.63. The van der Waals surface area contributed by atoms with Gasteiger partial charge in [-0.25, -0.2) is 0 Å². The number of amides is 1. The van der Waals surface area contributed by atoms with Crippen LogP contribution in [0.2, 0.25) is 0 Å². The molecule has 0 atom stereocenters. The third-order valence-electron chi connectivity index (χ3n) is 3.88. The molecule has 1 aliphatic carbocycles. The molecule has 4 N–H and O–H groups in total. The molecule has 0 unspecified atom stereocenters. The first-order chi connectivity index (χ1) is 9.60. The molecule has 110 valence electrons. The number of nitrogens with two attached hydrogens (primary N) is 2. The van der Waals surface area contributed by atoms with Crippen LogP contribution in [-0.4, -0.2) is 30.5 Å². The van der Waals surface area contributed by atoms with Gasteiger partial charge in [-0.2, -0.15) is 0 Å². The Hall–Kier alpha value is -1.75. The summed E-state index contributed by atoms with van der Waals surface area (Å²) >= 11 is 0. The van der Waals surface area contributed by atoms with Gasteiger partial charge in [-0.05, 0) is 18.9 Å². The molecular formula is C15H23N3O2. The Morgan fingerprint density at radius 2 is 2.10 bits per heavy atom. The van der Waals surface area contributed by atoms with E-state index in [0.29, 0.717) is 18.3 Å². The number of methoxy groups -OCH3 is 1. The molecule has 0 saturated heterocycles. The largest absolute Gasteiger partial charge is 0.496 e. The van der Waals surface area contributed by atoms with E-state index in [2.05, 4.69) is 4.90 Å². The van der Waals surface area contributed by atoms with Crippen molar-refractivity contribution in [1.82, 2.24) is 4.90 Å². The minimum atomic E-state index is -0.286. The maximum absolute atomic E-state index is 11.3. The summed E-state index contributed by atoms with van der Waals surface area (Å²) in [5.74, 6) is 0.476. The van der Waals surface area contributed by atoms with Crippen molar-refractivity contribution in [3.05, 3.63) is 23.8 Å². The second-order valence-corrected chi connectivity index (χ2v) is 5.38. The molecule has 0 bridgehead atoms. The maximum Gasteiger partial charge on any atom is 0.231 e. The molecule has 1 saturated carbocycles. The van der Waals surface area contributed by atoms with Gasteiger partial charge in [0.25, 0.3) is 0 Å². The number of anilines is 1. The fraction of sp³-hybridized carbons (Fsp3) is 0.533. The van der Waals surface area contributed by atoms with Crippen LogP contribution >= 0.6 is 0 Å². The summed E-state index contributed by atoms with van der Waals surface area (Å²) < 4.78 is 5.37. The summed E-state index contributed by atoms with van der Waals surface area (Å²) in [4.78, 5) is 13.5. The van der Waals surface area contributed by atoms with Crippen molar-refractivity contribution in [2.45, 2.75) is 38.3 Å². The number of hydrogen-bond acceptors (Lipinski definition) is 4. The molecule has 1 fully saturated rings. The number of benzene rings is 1. The highest BCUT2D eigenvalue weighted by molar-refractivity contribution is 5.76. The number of carbonyl (C=O) groups excluding carboxylic acids is 1. The van der Waals surface area contributed by atoms with Gasteiger partial charge in [-0.1, -0.05) is 18.9 Å². The standard InChI is InChI=1S/C15H23N3O2/c1-20-14-8-12(16)7-6-11(14)9-18(10-15(17)19)13-4-2-3-5-13/h6-8,13H,2-5,9-10,16H2,1H3,(H2,17,19). The average Bonchev–Trinajstić information content (AvgIpc) is 2.93. The average molecular weight is 277 g/mol. The highest BCUT2D eigenvalue weighted by Gasteiger charge is 2.24. The maximum atomic E-state index is 11.3. The molecular weight excluding hydrogens is 254 g/mol. The molecule has 5 nitrogen and oxygen atoms in total. The fourth-order valence-electron chi connectivity index (χ4n) is 2.89. The Kier molecular flexibility index (Phi) is 4.84. The third kappa shape index (κ3) is 3.63. The van der Waals surface area contributed by atoms with Gasteiger partial charge in [0, 0.05) is 29.9 Å². The van der Waals surface area contributed by atoms with E-state index in [9.17, 15) is 4.79 Å². The molecule has 0 aromatic heterocycles. The summed E-state index contributed by atoms with van der Waals surface area (Å²) in [6.45, 7) is 0.954. The SMILES string of the molecule is COc1cc(N)ccc1CN(CC(N)=O)C1CCCC1. The minimum Gasteiger partial charge on any atom is -0.496 e. The van der Waals surface area contributed by atoms with Crippen LogP contribution in [0.5, 0.6) is 5.75 Å². The molecule has 0 radical (unpaired) electrons. The quantitative estimate of drug-likeness (QED) is 0.772. The third-order valence-corrected chi connectivity index (χ3v) is 3.88. The van der Waals surface area contributed by atoms with Crippen LogP contribution < -0.4 is 16.2 Å². The van der Waals surface area contributed by atoms with E-state index in [1.54, 1.807) is 7.11 Å². The highest BCUT2D eigenvalue weighted by Crippen LogP contribution is 2.28. The van der Waals surface area contributed by atoms with Gasteiger partial charge >= 0.3 is 0 Å². The van der Waals surface area contributed by atoms with Crippen LogP contribution in [0.3, 0.4) is 0 Å². The van der Waals surface area contributed by atoms with Gasteiger partial charge in [-0.15, -0.1) is 0 Å². The minimum absolute atomic E-state index is 0.286. The number of primary amides is 1. The lowest BCUT2D eigenvalue weighted by Crippen LogP contribution is -2.39. The molecule has 1 amide bonds. The van der Waals surface area contributed by atoms with Gasteiger partial charge in [0.05, 0.1) is 13.7 Å². The molecule has 0 aliphatic heterocycles. The van der Waals surface area contributed by atoms with E-state index < -0.39 is 0 Å². The van der Waals surface area contributed by atoms with Gasteiger partial charge in [0.2, 0.25) is 5.91 Å². The number of nitrogens with zero attached hydrogens (tertiary/aromatic N) is 1. The smallest absolute Gasteiger partial charge is 0.231 e. The Balaban J connectivity index is 2.15. The van der Waals surface area contributed by atoms with Crippen molar-refractivity contribution < 1.29 is 9.53 Å². The van der Waals surface area contributed by atoms with Crippen molar-refractivity contribution in [3.63, 3.8) is 0 Å². The van der Waals surface area contributed by atoms with E-state index in [-0.39, 0.29) is 12.5 Å². The number of nitrogen functional groups attached to an aromatic ring is 1. The lowest BCUT2D eigenvalue weighted by molar-refractivity contribution is -0.119. The monoisotopic (exact) mass is 277 g/mol. The van der Waals surface area contributed by atoms with E-state index in [4.69, 9.17) is 16.2 Å². The second kappa shape index (κ2) is 6.61.